The predicted molar refractivity (Wildman–Crippen MR) is 358 cm³/mol. The number of hydrogen-bond donors (Lipinski definition) is 11. The molecule has 3 heterocycles. The molecule has 3 fully saturated rings. The second kappa shape index (κ2) is 31.0. The van der Waals surface area contributed by atoms with Gasteiger partial charge in [-0.3, -0.25) is 19.9 Å². The minimum Gasteiger partial charge on any atom is -0.508 e. The van der Waals surface area contributed by atoms with Crippen molar-refractivity contribution in [2.75, 3.05) is 32.8 Å². The molecule has 3 aromatic rings. The van der Waals surface area contributed by atoms with Gasteiger partial charge in [0.1, 0.15) is 24.6 Å². The monoisotopic (exact) mass is 1230 g/mol. The molecule has 15 heteroatoms. The number of allylic oxidation sites excluding steroid dienone is 5. The summed E-state index contributed by atoms with van der Waals surface area (Å²) in [5.74, 6) is 6.13. The number of guanidine groups is 1. The number of nitrogens with one attached hydrogen (secondary N) is 3. The lowest BCUT2D eigenvalue weighted by Crippen LogP contribution is -2.59. The van der Waals surface area contributed by atoms with Gasteiger partial charge in [0.25, 0.3) is 0 Å². The maximum Gasteiger partial charge on any atom is 0.243 e. The summed E-state index contributed by atoms with van der Waals surface area (Å²) in [6.07, 6.45) is 16.7. The molecular formula is C75H103N7O8. The van der Waals surface area contributed by atoms with Gasteiger partial charge in [0, 0.05) is 49.2 Å². The summed E-state index contributed by atoms with van der Waals surface area (Å²) < 4.78 is 6.35. The van der Waals surface area contributed by atoms with Crippen LogP contribution in [0.5, 0.6) is 5.75 Å². The first kappa shape index (κ1) is 68.2. The fourth-order valence-corrected chi connectivity index (χ4v) is 16.2. The third kappa shape index (κ3) is 16.5. The van der Waals surface area contributed by atoms with Crippen molar-refractivity contribution >= 4 is 17.6 Å². The molecule has 6 aliphatic rings. The number of nitrogens with two attached hydrogens (primary N) is 3. The molecule has 3 aliphatic heterocycles. The van der Waals surface area contributed by atoms with Crippen LogP contribution in [-0.4, -0.2) is 106 Å². The Morgan fingerprint density at radius 1 is 0.944 bits per heavy atom. The van der Waals surface area contributed by atoms with Gasteiger partial charge in [-0.05, 0) is 190 Å². The summed E-state index contributed by atoms with van der Waals surface area (Å²) in [4.78, 5) is 34.0. The fourth-order valence-electron chi connectivity index (χ4n) is 16.2. The lowest BCUT2D eigenvalue weighted by atomic mass is 9.52. The van der Waals surface area contributed by atoms with Crippen LogP contribution in [0.4, 0.5) is 0 Å². The molecule has 14 atom stereocenters. The van der Waals surface area contributed by atoms with Crippen LogP contribution in [0, 0.1) is 52.8 Å². The van der Waals surface area contributed by atoms with E-state index in [4.69, 9.17) is 21.9 Å². The number of fused-ring (bicyclic) bond motifs is 4. The van der Waals surface area contributed by atoms with Crippen molar-refractivity contribution in [2.45, 2.75) is 192 Å². The van der Waals surface area contributed by atoms with Gasteiger partial charge >= 0.3 is 0 Å². The Morgan fingerprint density at radius 3 is 2.47 bits per heavy atom. The largest absolute Gasteiger partial charge is 0.508 e. The maximum absolute atomic E-state index is 15.3. The van der Waals surface area contributed by atoms with E-state index in [0.29, 0.717) is 86.0 Å². The van der Waals surface area contributed by atoms with E-state index in [0.717, 1.165) is 58.2 Å². The number of aromatic hydroxyl groups is 1. The Hall–Kier alpha value is -6.19. The van der Waals surface area contributed by atoms with E-state index in [2.05, 4.69) is 78.4 Å². The zero-order valence-electron chi connectivity index (χ0n) is 54.1. The molecular weight excluding hydrogens is 1130 g/mol. The first-order valence-electron chi connectivity index (χ1n) is 33.4. The highest BCUT2D eigenvalue weighted by Gasteiger charge is 2.64. The van der Waals surface area contributed by atoms with Gasteiger partial charge in [-0.2, -0.15) is 0 Å². The minimum absolute atomic E-state index is 0.0279. The Labute approximate surface area is 535 Å². The maximum atomic E-state index is 15.3. The van der Waals surface area contributed by atoms with Crippen LogP contribution in [-0.2, 0) is 33.6 Å². The molecule has 14 N–H and O–H groups in total. The SMILES string of the molecule is C=C1C=CC=C(C2CCC3(C4CCC(O)Cc5cccc(c5)CC(C(CN=C(N)N)c5ccc(O)cc5)C(O)CNC5C(=O)NC(N)c6cccc(c65)CC(=O)C(C)=C4CCC3(C)O)C2O)COCC#CCC(C)=CCC1NCC1CCCC(CCC(C)C)C1. The number of ether oxygens (including phenoxy) is 1. The van der Waals surface area contributed by atoms with Crippen LogP contribution in [0.2, 0.25) is 0 Å². The van der Waals surface area contributed by atoms with Crippen LogP contribution in [0.1, 0.15) is 176 Å². The normalized spacial score (nSPS) is 31.4. The van der Waals surface area contributed by atoms with Crippen LogP contribution in [0.15, 0.2) is 130 Å². The Balaban J connectivity index is 1.06. The van der Waals surface area contributed by atoms with E-state index in [1.165, 1.54) is 44.1 Å². The highest BCUT2D eigenvalue weighted by Crippen LogP contribution is 2.63. The molecule has 3 aliphatic carbocycles. The Kier molecular flexibility index (Phi) is 23.5. The number of phenolic OH excluding ortho intramolecular Hbond substituents is 1. The Morgan fingerprint density at radius 2 is 1.70 bits per heavy atom. The lowest BCUT2D eigenvalue weighted by molar-refractivity contribution is -0.168. The molecule has 0 radical (unpaired) electrons. The number of nitrogens with zero attached hydrogens (tertiary/aromatic N) is 1. The van der Waals surface area contributed by atoms with Crippen molar-refractivity contribution in [2.24, 2.45) is 63.1 Å². The number of amides is 1. The molecule has 3 saturated carbocycles. The summed E-state index contributed by atoms with van der Waals surface area (Å²) >= 11 is 0. The third-order valence-electron chi connectivity index (χ3n) is 21.3. The zero-order valence-corrected chi connectivity index (χ0v) is 54.1. The van der Waals surface area contributed by atoms with Gasteiger partial charge in [0.2, 0.25) is 5.91 Å². The molecule has 1 spiro atoms. The molecule has 15 nitrogen and oxygen atoms in total. The number of aliphatic hydroxyl groups is 4. The second-order valence-corrected chi connectivity index (χ2v) is 27.9. The van der Waals surface area contributed by atoms with Crippen molar-refractivity contribution in [3.8, 4) is 17.6 Å². The molecule has 9 rings (SSSR count). The van der Waals surface area contributed by atoms with Gasteiger partial charge in [0.15, 0.2) is 11.7 Å². The zero-order chi connectivity index (χ0) is 64.3. The number of benzene rings is 3. The third-order valence-corrected chi connectivity index (χ3v) is 21.3. The number of hydrogen-bond acceptors (Lipinski definition) is 12. The lowest BCUT2D eigenvalue weighted by Gasteiger charge is -2.56. The highest BCUT2D eigenvalue weighted by molar-refractivity contribution is 5.98. The highest BCUT2D eigenvalue weighted by atomic mass is 16.5. The number of aliphatic hydroxyl groups excluding tert-OH is 3. The second-order valence-electron chi connectivity index (χ2n) is 27.9. The van der Waals surface area contributed by atoms with Crippen molar-refractivity contribution in [1.82, 2.24) is 16.0 Å². The van der Waals surface area contributed by atoms with Crippen LogP contribution >= 0.6 is 0 Å². The summed E-state index contributed by atoms with van der Waals surface area (Å²) in [6, 6.07) is 19.3. The van der Waals surface area contributed by atoms with E-state index in [1.807, 2.05) is 62.4 Å². The predicted octanol–water partition coefficient (Wildman–Crippen LogP) is 9.43. The number of ketones is 1. The number of carbonyl (C=O) groups is 2. The summed E-state index contributed by atoms with van der Waals surface area (Å²) in [5, 5.41) is 71.9. The number of carbonyl (C=O) groups excluding carboxylic acids is 2. The molecule has 90 heavy (non-hydrogen) atoms. The summed E-state index contributed by atoms with van der Waals surface area (Å²) in [6.45, 7) is 16.5. The molecule has 486 valence electrons. The smallest absolute Gasteiger partial charge is 0.243 e. The van der Waals surface area contributed by atoms with Crippen molar-refractivity contribution in [1.29, 1.82) is 0 Å². The first-order valence-corrected chi connectivity index (χ1v) is 33.4. The first-order chi connectivity index (χ1) is 43.1. The van der Waals surface area contributed by atoms with Gasteiger partial charge in [-0.1, -0.05) is 148 Å². The topological polar surface area (TPSA) is 271 Å². The van der Waals surface area contributed by atoms with E-state index < -0.39 is 71.1 Å². The molecule has 2 bridgehead atoms. The average molecular weight is 1230 g/mol. The Bertz CT molecular complexity index is 3220. The van der Waals surface area contributed by atoms with Crippen LogP contribution in [0.3, 0.4) is 0 Å². The molecule has 0 aromatic heterocycles. The quantitative estimate of drug-likeness (QED) is 0.0370. The molecule has 3 aromatic carbocycles. The number of aliphatic imine (C=N–C) groups is 1. The van der Waals surface area contributed by atoms with Crippen molar-refractivity contribution < 1.29 is 39.9 Å². The standard InChI is InChI=1S/C75H103N7O8/c1-46(2)22-24-50-15-10-18-53(37-50)42-79-65-31-23-47(3)13-7-8-36-90-45-56(20-9-14-48(65)4)60-33-35-75(70(60)87)64-30-29-58(84)39-51-16-11-17-52(38-51)40-62(63(43-81-73(77)78)54-25-27-57(83)28-26-54)67(86)44-80-69-68-55(19-12-21-61(68)71(76)82-72(69)88)41-66(85)49(5)59(64)32-34-74(75,6)89/h9,11-12,14,16-17,19-21,23,25-28,38,46,50,53,58,60,62-65,67,69-71,79-80,83-84,86-87,89H,4,10,13,15,18,22,24,29-37,39-45,76H2,1-3,5-6H3,(H,82,88)(H4,77,78,81). The van der Waals surface area contributed by atoms with Crippen LogP contribution in [0.25, 0.3) is 0 Å². The fraction of sp³-hybridized carbons (Fsp3) is 0.560. The van der Waals surface area contributed by atoms with Crippen molar-refractivity contribution in [3.05, 3.63) is 159 Å². The van der Waals surface area contributed by atoms with Gasteiger partial charge in [-0.15, -0.1) is 0 Å². The van der Waals surface area contributed by atoms with Gasteiger partial charge in [-0.25, -0.2) is 0 Å². The molecule has 1 amide bonds. The summed E-state index contributed by atoms with van der Waals surface area (Å²) in [7, 11) is 0. The number of Topliss-reactive ketones (excluding diaryl/α,β-unsaturated/α-hetero) is 1. The van der Waals surface area contributed by atoms with E-state index in [1.54, 1.807) is 24.3 Å². The minimum atomic E-state index is -1.37. The van der Waals surface area contributed by atoms with Crippen molar-refractivity contribution in [3.63, 3.8) is 0 Å². The van der Waals surface area contributed by atoms with Gasteiger partial charge < -0.3 is 58.1 Å². The number of phenols is 1. The number of β-amino-alcohol motifs (C(OH)–C–C–N with tert-alkyl or cyclic N) is 1. The van der Waals surface area contributed by atoms with E-state index in [-0.39, 0.29) is 56.3 Å². The van der Waals surface area contributed by atoms with E-state index >= 15 is 4.79 Å². The molecule has 0 saturated heterocycles. The van der Waals surface area contributed by atoms with Crippen LogP contribution < -0.4 is 33.2 Å². The van der Waals surface area contributed by atoms with Gasteiger partial charge in [0.05, 0.1) is 30.5 Å². The summed E-state index contributed by atoms with van der Waals surface area (Å²) in [5.41, 5.74) is 24.9. The number of rotatable bonds is 11. The van der Waals surface area contributed by atoms with E-state index in [9.17, 15) is 30.3 Å². The molecule has 14 unspecified atom stereocenters. The average Bonchev–Trinajstić information content (AvgIpc) is 1.45.